The molecule has 15 atom stereocenters. The average Bonchev–Trinajstić information content (AvgIpc) is 2.96. The van der Waals surface area contributed by atoms with Crippen molar-refractivity contribution in [2.75, 3.05) is 20.3 Å². The van der Waals surface area contributed by atoms with Crippen LogP contribution in [-0.2, 0) is 77.0 Å². The second-order valence-corrected chi connectivity index (χ2v) is 14.1. The van der Waals surface area contributed by atoms with Crippen molar-refractivity contribution < 1.29 is 110 Å². The molecule has 0 spiro atoms. The fourth-order valence-electron chi connectivity index (χ4n) is 5.10. The molecular formula is C21H37NO24S3. The summed E-state index contributed by atoms with van der Waals surface area (Å²) < 4.78 is 142. The Morgan fingerprint density at radius 2 is 1.16 bits per heavy atom. The third kappa shape index (κ3) is 11.6. The fraction of sp³-hybridized carbons (Fsp3) is 0.952. The lowest BCUT2D eigenvalue weighted by Crippen LogP contribution is -2.70. The molecule has 0 aliphatic carbocycles. The van der Waals surface area contributed by atoms with Crippen LogP contribution in [0.3, 0.4) is 0 Å². The van der Waals surface area contributed by atoms with Crippen LogP contribution in [0.5, 0.6) is 0 Å². The van der Waals surface area contributed by atoms with Crippen LogP contribution < -0.4 is 5.32 Å². The molecule has 3 aliphatic rings. The Hall–Kier alpha value is -1.36. The molecule has 0 aromatic carbocycles. The second kappa shape index (κ2) is 16.5. The molecule has 0 aromatic rings. The number of ether oxygens (including phenoxy) is 6. The lowest BCUT2D eigenvalue weighted by Gasteiger charge is -2.50. The minimum absolute atomic E-state index is 0.786. The van der Waals surface area contributed by atoms with Crippen molar-refractivity contribution in [2.24, 2.45) is 0 Å². The van der Waals surface area contributed by atoms with Crippen molar-refractivity contribution >= 4 is 37.1 Å². The third-order valence-corrected chi connectivity index (χ3v) is 8.61. The van der Waals surface area contributed by atoms with E-state index in [1.165, 1.54) is 6.92 Å². The van der Waals surface area contributed by atoms with Gasteiger partial charge in [-0.2, -0.15) is 25.3 Å². The van der Waals surface area contributed by atoms with Crippen LogP contribution in [0.4, 0.5) is 0 Å². The van der Waals surface area contributed by atoms with E-state index in [0.717, 1.165) is 14.0 Å². The van der Waals surface area contributed by atoms with Crippen molar-refractivity contribution in [1.29, 1.82) is 0 Å². The van der Waals surface area contributed by atoms with E-state index in [2.05, 4.69) is 17.9 Å². The predicted molar refractivity (Wildman–Crippen MR) is 147 cm³/mol. The van der Waals surface area contributed by atoms with Crippen LogP contribution >= 0.6 is 0 Å². The van der Waals surface area contributed by atoms with Crippen LogP contribution in [0.15, 0.2) is 0 Å². The molecule has 3 aliphatic heterocycles. The number of hydrogen-bond acceptors (Lipinski definition) is 21. The third-order valence-electron chi connectivity index (χ3n) is 7.28. The monoisotopic (exact) mass is 783 g/mol. The first-order chi connectivity index (χ1) is 22.4. The van der Waals surface area contributed by atoms with Gasteiger partial charge in [-0.15, -0.1) is 0 Å². The van der Waals surface area contributed by atoms with Gasteiger partial charge in [0.05, 0.1) is 19.3 Å². The van der Waals surface area contributed by atoms with E-state index in [9.17, 15) is 64.7 Å². The Morgan fingerprint density at radius 1 is 0.653 bits per heavy atom. The minimum Gasteiger partial charge on any atom is -0.388 e. The van der Waals surface area contributed by atoms with E-state index >= 15 is 0 Å². The molecule has 3 fully saturated rings. The van der Waals surface area contributed by atoms with Gasteiger partial charge in [0.15, 0.2) is 18.9 Å². The summed E-state index contributed by atoms with van der Waals surface area (Å²) in [6, 6.07) is -1.56. The van der Waals surface area contributed by atoms with Crippen LogP contribution in [0, 0.1) is 0 Å². The largest absolute Gasteiger partial charge is 0.397 e. The first-order valence-electron chi connectivity index (χ1n) is 13.8. The van der Waals surface area contributed by atoms with Gasteiger partial charge in [0, 0.05) is 14.0 Å². The van der Waals surface area contributed by atoms with Crippen LogP contribution in [0.1, 0.15) is 13.8 Å². The highest BCUT2D eigenvalue weighted by Gasteiger charge is 2.56. The summed E-state index contributed by atoms with van der Waals surface area (Å²) in [5.74, 6) is -0.786. The van der Waals surface area contributed by atoms with E-state index in [-0.39, 0.29) is 0 Å². The summed E-state index contributed by atoms with van der Waals surface area (Å²) in [6.45, 7) is -0.169. The number of nitrogens with one attached hydrogen (secondary N) is 1. The molecule has 0 saturated carbocycles. The van der Waals surface area contributed by atoms with Gasteiger partial charge in [-0.3, -0.25) is 18.5 Å². The molecule has 288 valence electrons. The van der Waals surface area contributed by atoms with E-state index in [0.29, 0.717) is 0 Å². The molecule has 3 heterocycles. The van der Waals surface area contributed by atoms with Crippen molar-refractivity contribution in [1.82, 2.24) is 5.32 Å². The van der Waals surface area contributed by atoms with Gasteiger partial charge in [0.1, 0.15) is 67.1 Å². The minimum atomic E-state index is -5.49. The normalized spacial score (nSPS) is 40.9. The van der Waals surface area contributed by atoms with Gasteiger partial charge in [-0.1, -0.05) is 0 Å². The molecule has 25 nitrogen and oxygen atoms in total. The quantitative estimate of drug-likeness (QED) is 0.0740. The van der Waals surface area contributed by atoms with Crippen molar-refractivity contribution in [3.8, 4) is 0 Å². The van der Waals surface area contributed by atoms with Crippen LogP contribution in [-0.4, -0.2) is 183 Å². The highest BCUT2D eigenvalue weighted by Crippen LogP contribution is 2.35. The zero-order valence-corrected chi connectivity index (χ0v) is 27.9. The lowest BCUT2D eigenvalue weighted by molar-refractivity contribution is -0.370. The summed E-state index contributed by atoms with van der Waals surface area (Å²) in [5.41, 5.74) is 0. The number of carbonyl (C=O) groups excluding carboxylic acids is 1. The van der Waals surface area contributed by atoms with Gasteiger partial charge in [-0.25, -0.2) is 12.5 Å². The van der Waals surface area contributed by atoms with E-state index in [4.69, 9.17) is 33.0 Å². The highest BCUT2D eigenvalue weighted by molar-refractivity contribution is 7.81. The Kier molecular flexibility index (Phi) is 14.2. The smallest absolute Gasteiger partial charge is 0.388 e. The van der Waals surface area contributed by atoms with Gasteiger partial charge in [-0.05, 0) is 6.92 Å². The number of amides is 1. The van der Waals surface area contributed by atoms with Gasteiger partial charge in [0.25, 0.3) is 0 Å². The predicted octanol–water partition coefficient (Wildman–Crippen LogP) is -6.27. The molecule has 3 rings (SSSR count). The summed E-state index contributed by atoms with van der Waals surface area (Å²) in [6.07, 6.45) is -27.5. The molecule has 9 N–H and O–H groups in total. The fourth-order valence-corrected chi connectivity index (χ4v) is 6.22. The Morgan fingerprint density at radius 3 is 1.67 bits per heavy atom. The molecule has 0 radical (unpaired) electrons. The standard InChI is InChI=1S/C21H37NO24S3/c1-6-11(24)13(26)14(27)20(41-6)45-17-10(22-7(2)23)19(38-3)43-9(5-40-48(32,33)34)16(17)44-21-15(28)18(46-49(35,36)37)12(25)8(42-21)4-39-47(29,30)31/h6,8-21,24-28H,4-5H2,1-3H3,(H,22,23)(H,29,30,31)(H,32,33,34)(H,35,36,37)/t6-,8+,9+,10+,11+,12-,13+,14-,15+,16+,17+,18-,19+,20-,21-/m0/s1. The Balaban J connectivity index is 2.11. The zero-order valence-electron chi connectivity index (χ0n) is 25.4. The first kappa shape index (κ1) is 42.1. The molecule has 0 aromatic heterocycles. The number of hydrogen-bond donors (Lipinski definition) is 9. The van der Waals surface area contributed by atoms with Gasteiger partial charge < -0.3 is 59.3 Å². The molecule has 3 saturated heterocycles. The maximum absolute atomic E-state index is 12.2. The maximum atomic E-state index is 12.2. The molecule has 0 bridgehead atoms. The number of methoxy groups -OCH3 is 1. The second-order valence-electron chi connectivity index (χ2n) is 10.8. The molecule has 1 amide bonds. The summed E-state index contributed by atoms with van der Waals surface area (Å²) in [4.78, 5) is 12.2. The lowest BCUT2D eigenvalue weighted by atomic mass is 9.94. The van der Waals surface area contributed by atoms with E-state index in [1.54, 1.807) is 0 Å². The van der Waals surface area contributed by atoms with Crippen molar-refractivity contribution in [2.45, 2.75) is 106 Å². The van der Waals surface area contributed by atoms with Crippen molar-refractivity contribution in [3.63, 3.8) is 0 Å². The first-order valence-corrected chi connectivity index (χ1v) is 17.9. The van der Waals surface area contributed by atoms with Crippen LogP contribution in [0.25, 0.3) is 0 Å². The molecular weight excluding hydrogens is 746 g/mol. The Bertz CT molecular complexity index is 1450. The summed E-state index contributed by atoms with van der Waals surface area (Å²) >= 11 is 0. The maximum Gasteiger partial charge on any atom is 0.397 e. The van der Waals surface area contributed by atoms with Gasteiger partial charge >= 0.3 is 31.2 Å². The Labute approximate surface area is 278 Å². The molecule has 49 heavy (non-hydrogen) atoms. The number of carbonyl (C=O) groups is 1. The van der Waals surface area contributed by atoms with Crippen LogP contribution in [0.2, 0.25) is 0 Å². The van der Waals surface area contributed by atoms with E-state index in [1.807, 2.05) is 0 Å². The summed E-state index contributed by atoms with van der Waals surface area (Å²) in [5, 5.41) is 55.0. The highest BCUT2D eigenvalue weighted by atomic mass is 32.3. The SMILES string of the molecule is CO[C@@H]1O[C@H](COS(=O)(=O)O)[C@@H](O[C@@H]2O[C@H](COS(=O)(=O)O)[C@H](O)[C@H](OS(=O)(=O)O)[C@H]2O)[C@H](O[C@@H]2O[C@@H](C)[C@@H](O)[C@@H](O)[C@@H]2O)[C@H]1NC(C)=O. The number of rotatable bonds is 14. The van der Waals surface area contributed by atoms with Gasteiger partial charge in [0.2, 0.25) is 5.91 Å². The topological polar surface area (TPSA) is 376 Å². The number of aliphatic hydroxyl groups is 5. The summed E-state index contributed by atoms with van der Waals surface area (Å²) in [7, 11) is -14.9. The number of aliphatic hydroxyl groups excluding tert-OH is 5. The zero-order chi connectivity index (χ0) is 37.2. The molecule has 28 heteroatoms. The molecule has 0 unspecified atom stereocenters. The van der Waals surface area contributed by atoms with Crippen molar-refractivity contribution in [3.05, 3.63) is 0 Å². The average molecular weight is 784 g/mol. The van der Waals surface area contributed by atoms with E-state index < -0.39 is 142 Å².